The summed E-state index contributed by atoms with van der Waals surface area (Å²) in [5.74, 6) is 0. The number of para-hydroxylation sites is 1. The molecule has 3 heterocycles. The predicted octanol–water partition coefficient (Wildman–Crippen LogP) is 3.88. The lowest BCUT2D eigenvalue weighted by atomic mass is 9.88. The zero-order chi connectivity index (χ0) is 21.3. The fraction of sp³-hybridized carbons (Fsp3) is 0.333. The first-order chi connectivity index (χ1) is 14.4. The summed E-state index contributed by atoms with van der Waals surface area (Å²) in [6.45, 7) is 4.07. The molecule has 1 N–H and O–H groups in total. The van der Waals surface area contributed by atoms with E-state index in [2.05, 4.69) is 5.32 Å². The highest BCUT2D eigenvalue weighted by Gasteiger charge is 2.80. The Bertz CT molecular complexity index is 1050. The third-order valence-corrected chi connectivity index (χ3v) is 6.43. The second kappa shape index (κ2) is 6.34. The number of halogens is 1. The predicted molar refractivity (Wildman–Crippen MR) is 111 cm³/mol. The minimum atomic E-state index is -1.25. The quantitative estimate of drug-likeness (QED) is 0.802. The molecule has 5 rings (SSSR count). The largest absolute Gasteiger partial charge is 0.369 e. The van der Waals surface area contributed by atoms with E-state index in [1.165, 1.54) is 12.2 Å². The lowest BCUT2D eigenvalue weighted by Gasteiger charge is -2.44. The van der Waals surface area contributed by atoms with Gasteiger partial charge in [-0.05, 0) is 38.1 Å². The number of nitrogens with one attached hydrogen (secondary N) is 1. The van der Waals surface area contributed by atoms with E-state index in [4.69, 9.17) is 21.2 Å². The lowest BCUT2D eigenvalue weighted by molar-refractivity contribution is -0.157. The van der Waals surface area contributed by atoms with Crippen molar-refractivity contribution in [3.05, 3.63) is 59.1 Å². The molecule has 0 aromatic heterocycles. The summed E-state index contributed by atoms with van der Waals surface area (Å²) >= 11 is 6.28. The third kappa shape index (κ3) is 2.03. The molecule has 2 aromatic rings. The Labute approximate surface area is 178 Å². The van der Waals surface area contributed by atoms with Crippen molar-refractivity contribution in [2.45, 2.75) is 31.3 Å². The molecule has 0 bridgehead atoms. The van der Waals surface area contributed by atoms with Crippen LogP contribution in [0.3, 0.4) is 0 Å². The average Bonchev–Trinajstić information content (AvgIpc) is 3.19. The van der Waals surface area contributed by atoms with E-state index in [1.807, 2.05) is 43.3 Å². The van der Waals surface area contributed by atoms with Gasteiger partial charge in [0.2, 0.25) is 0 Å². The fourth-order valence-electron chi connectivity index (χ4n) is 5.11. The molecule has 4 amide bonds. The van der Waals surface area contributed by atoms with Gasteiger partial charge in [0.1, 0.15) is 6.10 Å². The van der Waals surface area contributed by atoms with Crippen LogP contribution in [0.4, 0.5) is 21.0 Å². The van der Waals surface area contributed by atoms with Gasteiger partial charge in [-0.1, -0.05) is 35.9 Å². The molecule has 3 aliphatic rings. The number of benzene rings is 2. The van der Waals surface area contributed by atoms with Gasteiger partial charge in [-0.25, -0.2) is 9.59 Å². The summed E-state index contributed by atoms with van der Waals surface area (Å²) in [6.07, 6.45) is -0.624. The van der Waals surface area contributed by atoms with Crippen LogP contribution in [0.15, 0.2) is 48.5 Å². The van der Waals surface area contributed by atoms with E-state index < -0.39 is 23.5 Å². The lowest BCUT2D eigenvalue weighted by Crippen LogP contribution is -2.67. The highest BCUT2D eigenvalue weighted by molar-refractivity contribution is 6.31. The Morgan fingerprint density at radius 1 is 1.13 bits per heavy atom. The van der Waals surface area contributed by atoms with E-state index in [0.29, 0.717) is 23.0 Å². The molecule has 0 unspecified atom stereocenters. The van der Waals surface area contributed by atoms with E-state index in [1.54, 1.807) is 28.9 Å². The van der Waals surface area contributed by atoms with Gasteiger partial charge in [0.25, 0.3) is 0 Å². The minimum Gasteiger partial charge on any atom is -0.369 e. The highest BCUT2D eigenvalue weighted by Crippen LogP contribution is 2.61. The van der Waals surface area contributed by atoms with Crippen LogP contribution in [0.1, 0.15) is 25.5 Å². The van der Waals surface area contributed by atoms with Crippen LogP contribution in [0.2, 0.25) is 5.02 Å². The minimum absolute atomic E-state index is 0.309. The number of rotatable bonds is 4. The van der Waals surface area contributed by atoms with Crippen LogP contribution in [0, 0.1) is 0 Å². The number of carbonyl (C=O) groups excluding carboxylic acids is 2. The zero-order valence-electron chi connectivity index (χ0n) is 16.8. The standard InChI is InChI=1S/C21H21ClN4O4/c1-4-30-17-15-11-10-13(22)12-16(15)25-19(28)24(14-8-6-5-7-9-14)20(2)21(17,25)23-18(27)26(20)29-3/h5-12,17H,4H2,1-3H3,(H,23,27)/t17-,20-,21-/m1/s1. The third-order valence-electron chi connectivity index (χ3n) is 6.20. The molecule has 30 heavy (non-hydrogen) atoms. The van der Waals surface area contributed by atoms with Gasteiger partial charge < -0.3 is 10.1 Å². The Balaban J connectivity index is 1.83. The summed E-state index contributed by atoms with van der Waals surface area (Å²) in [5.41, 5.74) is -0.477. The first kappa shape index (κ1) is 19.2. The van der Waals surface area contributed by atoms with Gasteiger partial charge in [-0.2, -0.15) is 5.06 Å². The highest BCUT2D eigenvalue weighted by atomic mass is 35.5. The van der Waals surface area contributed by atoms with Crippen LogP contribution in [-0.4, -0.2) is 42.2 Å². The van der Waals surface area contributed by atoms with Crippen LogP contribution in [-0.2, 0) is 9.57 Å². The van der Waals surface area contributed by atoms with E-state index in [9.17, 15) is 9.59 Å². The molecular weight excluding hydrogens is 408 g/mol. The topological polar surface area (TPSA) is 74.3 Å². The smallest absolute Gasteiger partial charge is 0.345 e. The molecule has 0 aliphatic carbocycles. The van der Waals surface area contributed by atoms with Crippen molar-refractivity contribution in [2.24, 2.45) is 0 Å². The first-order valence-electron chi connectivity index (χ1n) is 9.68. The average molecular weight is 429 g/mol. The molecule has 156 valence electrons. The van der Waals surface area contributed by atoms with Gasteiger partial charge in [0.05, 0.1) is 12.8 Å². The summed E-state index contributed by atoms with van der Waals surface area (Å²) < 4.78 is 6.17. The number of hydrogen-bond donors (Lipinski definition) is 1. The molecular formula is C21H21ClN4O4. The van der Waals surface area contributed by atoms with Crippen LogP contribution < -0.4 is 15.1 Å². The summed E-state index contributed by atoms with van der Waals surface area (Å²) in [5, 5.41) is 4.71. The monoisotopic (exact) mass is 428 g/mol. The Kier molecular flexibility index (Phi) is 4.05. The van der Waals surface area contributed by atoms with Crippen LogP contribution in [0.25, 0.3) is 0 Å². The van der Waals surface area contributed by atoms with E-state index in [0.717, 1.165) is 5.56 Å². The molecule has 0 radical (unpaired) electrons. The second-order valence-corrected chi connectivity index (χ2v) is 7.96. The molecule has 9 heteroatoms. The van der Waals surface area contributed by atoms with Gasteiger partial charge in [0, 0.05) is 22.9 Å². The SMILES string of the molecule is CCO[C@@H]1c2ccc(Cl)cc2N2C(=O)N(c3ccccc3)[C@]3(C)N(OC)C(=O)N[C@]123. The van der Waals surface area contributed by atoms with Crippen molar-refractivity contribution < 1.29 is 19.2 Å². The number of amides is 4. The van der Waals surface area contributed by atoms with Gasteiger partial charge in [-0.3, -0.25) is 14.6 Å². The number of hydrogen-bond acceptors (Lipinski definition) is 4. The molecule has 3 aliphatic heterocycles. The Morgan fingerprint density at radius 3 is 2.53 bits per heavy atom. The fourth-order valence-corrected chi connectivity index (χ4v) is 5.28. The van der Waals surface area contributed by atoms with E-state index in [-0.39, 0.29) is 6.03 Å². The second-order valence-electron chi connectivity index (χ2n) is 7.52. The zero-order valence-corrected chi connectivity index (χ0v) is 17.5. The van der Waals surface area contributed by atoms with Crippen LogP contribution >= 0.6 is 11.6 Å². The van der Waals surface area contributed by atoms with E-state index >= 15 is 0 Å². The normalized spacial score (nSPS) is 29.2. The number of urea groups is 2. The molecule has 0 saturated carbocycles. The maximum absolute atomic E-state index is 13.9. The molecule has 1 spiro atoms. The maximum Gasteiger partial charge on any atom is 0.345 e. The van der Waals surface area contributed by atoms with Crippen molar-refractivity contribution in [2.75, 3.05) is 23.5 Å². The van der Waals surface area contributed by atoms with Crippen molar-refractivity contribution in [3.63, 3.8) is 0 Å². The Hall–Kier alpha value is -2.81. The number of ether oxygens (including phenoxy) is 1. The molecule has 8 nitrogen and oxygen atoms in total. The van der Waals surface area contributed by atoms with Gasteiger partial charge in [-0.15, -0.1) is 0 Å². The van der Waals surface area contributed by atoms with Crippen LogP contribution in [0.5, 0.6) is 0 Å². The summed E-state index contributed by atoms with van der Waals surface area (Å²) in [7, 11) is 1.41. The number of anilines is 2. The number of hydroxylamine groups is 2. The van der Waals surface area contributed by atoms with Crippen molar-refractivity contribution in [1.29, 1.82) is 0 Å². The number of nitrogens with zero attached hydrogens (tertiary/aromatic N) is 3. The number of fused-ring (bicyclic) bond motifs is 2. The Morgan fingerprint density at radius 2 is 1.87 bits per heavy atom. The molecule has 2 aromatic carbocycles. The molecule has 3 atom stereocenters. The van der Waals surface area contributed by atoms with Crippen molar-refractivity contribution in [3.8, 4) is 0 Å². The van der Waals surface area contributed by atoms with Gasteiger partial charge in [0.15, 0.2) is 11.3 Å². The number of carbonyl (C=O) groups is 2. The molecule has 2 fully saturated rings. The summed E-state index contributed by atoms with van der Waals surface area (Å²) in [6, 6.07) is 13.8. The maximum atomic E-state index is 13.9. The summed E-state index contributed by atoms with van der Waals surface area (Å²) in [4.78, 5) is 35.6. The van der Waals surface area contributed by atoms with Gasteiger partial charge >= 0.3 is 12.1 Å². The molecule has 2 saturated heterocycles. The van der Waals surface area contributed by atoms with Crippen molar-refractivity contribution in [1.82, 2.24) is 10.4 Å². The van der Waals surface area contributed by atoms with Crippen molar-refractivity contribution >= 4 is 35.0 Å². The first-order valence-corrected chi connectivity index (χ1v) is 10.1.